The molecule has 122 valence electrons. The number of rotatable bonds is 7. The van der Waals surface area contributed by atoms with Gasteiger partial charge < -0.3 is 14.1 Å². The lowest BCUT2D eigenvalue weighted by Gasteiger charge is -2.04. The molecule has 0 unspecified atom stereocenters. The minimum absolute atomic E-state index is 0.106. The number of aromatic amines is 1. The maximum atomic E-state index is 12.2. The van der Waals surface area contributed by atoms with Gasteiger partial charge in [0.2, 0.25) is 5.78 Å². The lowest BCUT2D eigenvalue weighted by molar-refractivity contribution is -0.142. The predicted octanol–water partition coefficient (Wildman–Crippen LogP) is 2.79. The Bertz CT molecular complexity index is 725. The van der Waals surface area contributed by atoms with Gasteiger partial charge >= 0.3 is 5.97 Å². The van der Waals surface area contributed by atoms with Crippen LogP contribution in [0.1, 0.15) is 51.2 Å². The van der Waals surface area contributed by atoms with E-state index in [0.717, 1.165) is 0 Å². The van der Waals surface area contributed by atoms with E-state index in [2.05, 4.69) is 4.98 Å². The van der Waals surface area contributed by atoms with Crippen LogP contribution in [0, 0.1) is 13.8 Å². The van der Waals surface area contributed by atoms with Crippen molar-refractivity contribution >= 4 is 17.5 Å². The molecule has 0 atom stereocenters. The molecule has 0 aliphatic rings. The number of furan rings is 1. The van der Waals surface area contributed by atoms with E-state index in [9.17, 15) is 14.4 Å². The van der Waals surface area contributed by atoms with Crippen LogP contribution in [0.5, 0.6) is 0 Å². The zero-order chi connectivity index (χ0) is 17.0. The van der Waals surface area contributed by atoms with E-state index in [-0.39, 0.29) is 24.6 Å². The minimum atomic E-state index is -0.470. The molecule has 0 amide bonds. The number of aryl methyl sites for hydroxylation is 2. The van der Waals surface area contributed by atoms with Crippen LogP contribution >= 0.6 is 0 Å². The van der Waals surface area contributed by atoms with Crippen molar-refractivity contribution in [2.45, 2.75) is 33.6 Å². The average Bonchev–Trinajstić information content (AvgIpc) is 3.10. The summed E-state index contributed by atoms with van der Waals surface area (Å²) >= 11 is 0. The first-order valence-electron chi connectivity index (χ1n) is 7.31. The van der Waals surface area contributed by atoms with E-state index >= 15 is 0 Å². The first-order chi connectivity index (χ1) is 10.9. The van der Waals surface area contributed by atoms with E-state index in [1.807, 2.05) is 0 Å². The van der Waals surface area contributed by atoms with Crippen LogP contribution in [-0.4, -0.2) is 29.1 Å². The van der Waals surface area contributed by atoms with Crippen LogP contribution < -0.4 is 0 Å². The highest BCUT2D eigenvalue weighted by atomic mass is 16.5. The Hall–Kier alpha value is -2.63. The molecule has 0 saturated carbocycles. The molecule has 0 aliphatic heterocycles. The van der Waals surface area contributed by atoms with Crippen molar-refractivity contribution in [3.05, 3.63) is 46.7 Å². The molecule has 0 saturated heterocycles. The lowest BCUT2D eigenvalue weighted by atomic mass is 10.1. The highest BCUT2D eigenvalue weighted by Gasteiger charge is 2.20. The quantitative estimate of drug-likeness (QED) is 0.626. The van der Waals surface area contributed by atoms with Gasteiger partial charge in [-0.15, -0.1) is 0 Å². The summed E-state index contributed by atoms with van der Waals surface area (Å²) in [4.78, 5) is 38.3. The van der Waals surface area contributed by atoms with Gasteiger partial charge in [-0.05, 0) is 38.5 Å². The summed E-state index contributed by atoms with van der Waals surface area (Å²) in [5, 5.41) is 0. The van der Waals surface area contributed by atoms with Crippen LogP contribution in [0.15, 0.2) is 22.8 Å². The van der Waals surface area contributed by atoms with Crippen LogP contribution in [0.4, 0.5) is 0 Å². The molecule has 2 aromatic heterocycles. The third kappa shape index (κ3) is 3.97. The largest absolute Gasteiger partial charge is 0.469 e. The second kappa shape index (κ2) is 7.09. The number of hydrogen-bond donors (Lipinski definition) is 1. The molecule has 0 aromatic carbocycles. The summed E-state index contributed by atoms with van der Waals surface area (Å²) < 4.78 is 10.1. The second-order valence-electron chi connectivity index (χ2n) is 5.34. The lowest BCUT2D eigenvalue weighted by Crippen LogP contribution is -2.15. The molecular formula is C17H19NO5. The normalized spacial score (nSPS) is 10.6. The molecule has 0 aliphatic carbocycles. The average molecular weight is 317 g/mol. The molecule has 2 aromatic rings. The first kappa shape index (κ1) is 16.7. The highest BCUT2D eigenvalue weighted by Crippen LogP contribution is 2.19. The van der Waals surface area contributed by atoms with Gasteiger partial charge in [-0.2, -0.15) is 0 Å². The molecule has 0 bridgehead atoms. The Labute approximate surface area is 133 Å². The fraction of sp³-hybridized carbons (Fsp3) is 0.353. The summed E-state index contributed by atoms with van der Waals surface area (Å²) in [5.41, 5.74) is 2.05. The summed E-state index contributed by atoms with van der Waals surface area (Å²) in [5.74, 6) is -0.243. The molecule has 6 heteroatoms. The molecule has 23 heavy (non-hydrogen) atoms. The van der Waals surface area contributed by atoms with Crippen LogP contribution in [0.2, 0.25) is 0 Å². The molecule has 2 rings (SSSR count). The number of aromatic nitrogens is 1. The number of ether oxygens (including phenoxy) is 1. The zero-order valence-corrected chi connectivity index (χ0v) is 13.4. The van der Waals surface area contributed by atoms with Crippen molar-refractivity contribution in [3.8, 4) is 0 Å². The molecule has 1 N–H and O–H groups in total. The summed E-state index contributed by atoms with van der Waals surface area (Å²) in [6, 6.07) is 3.51. The van der Waals surface area contributed by atoms with Crippen molar-refractivity contribution in [2.75, 3.05) is 6.61 Å². The zero-order valence-electron chi connectivity index (χ0n) is 13.4. The van der Waals surface area contributed by atoms with E-state index in [1.165, 1.54) is 13.2 Å². The van der Waals surface area contributed by atoms with E-state index in [0.29, 0.717) is 34.7 Å². The number of carbonyl (C=O) groups is 3. The molecule has 2 heterocycles. The van der Waals surface area contributed by atoms with Crippen molar-refractivity contribution in [1.29, 1.82) is 0 Å². The Morgan fingerprint density at radius 1 is 1.26 bits per heavy atom. The monoisotopic (exact) mass is 317 g/mol. The van der Waals surface area contributed by atoms with Gasteiger partial charge in [-0.25, -0.2) is 0 Å². The van der Waals surface area contributed by atoms with Gasteiger partial charge in [-0.3, -0.25) is 14.4 Å². The third-order valence-corrected chi connectivity index (χ3v) is 3.59. The Kier molecular flexibility index (Phi) is 5.16. The molecule has 0 spiro atoms. The van der Waals surface area contributed by atoms with E-state index in [1.54, 1.807) is 26.0 Å². The maximum absolute atomic E-state index is 12.2. The van der Waals surface area contributed by atoms with Gasteiger partial charge in [0.1, 0.15) is 5.76 Å². The van der Waals surface area contributed by atoms with Crippen LogP contribution in [-0.2, 0) is 16.0 Å². The summed E-state index contributed by atoms with van der Waals surface area (Å²) in [7, 11) is 0. The predicted molar refractivity (Wildman–Crippen MR) is 82.6 cm³/mol. The topological polar surface area (TPSA) is 89.4 Å². The van der Waals surface area contributed by atoms with Crippen molar-refractivity contribution in [1.82, 2.24) is 4.98 Å². The van der Waals surface area contributed by atoms with Crippen molar-refractivity contribution in [2.24, 2.45) is 0 Å². The first-order valence-corrected chi connectivity index (χ1v) is 7.31. The van der Waals surface area contributed by atoms with Crippen LogP contribution in [0.25, 0.3) is 0 Å². The van der Waals surface area contributed by atoms with Crippen LogP contribution in [0.3, 0.4) is 0 Å². The van der Waals surface area contributed by atoms with Gasteiger partial charge in [0.05, 0.1) is 18.4 Å². The van der Waals surface area contributed by atoms with Gasteiger partial charge in [0.25, 0.3) is 0 Å². The number of ketones is 2. The highest BCUT2D eigenvalue weighted by molar-refractivity contribution is 6.04. The number of hydrogen-bond acceptors (Lipinski definition) is 5. The Balaban J connectivity index is 1.91. The fourth-order valence-corrected chi connectivity index (χ4v) is 2.53. The summed E-state index contributed by atoms with van der Waals surface area (Å²) in [6.45, 7) is 4.53. The van der Waals surface area contributed by atoms with Crippen molar-refractivity contribution in [3.63, 3.8) is 0 Å². The van der Waals surface area contributed by atoms with E-state index in [4.69, 9.17) is 9.15 Å². The van der Waals surface area contributed by atoms with Gasteiger partial charge in [0, 0.05) is 17.7 Å². The number of esters is 1. The summed E-state index contributed by atoms with van der Waals surface area (Å²) in [6.07, 6.45) is 2.10. The molecular weight excluding hydrogens is 298 g/mol. The number of carbonyl (C=O) groups excluding carboxylic acids is 3. The SMILES string of the molecule is CC(=O)c1c(C)[nH]c(C(=O)COC(=O)CCc2ccco2)c1C. The standard InChI is InChI=1S/C17H19NO5/c1-10-16(12(3)19)11(2)18-17(10)14(20)9-23-15(21)7-6-13-5-4-8-22-13/h4-5,8,18H,6-7,9H2,1-3H3. The smallest absolute Gasteiger partial charge is 0.306 e. The van der Waals surface area contributed by atoms with Gasteiger partial charge in [-0.1, -0.05) is 0 Å². The minimum Gasteiger partial charge on any atom is -0.469 e. The Morgan fingerprint density at radius 2 is 2.00 bits per heavy atom. The molecule has 0 fully saturated rings. The van der Waals surface area contributed by atoms with E-state index < -0.39 is 5.97 Å². The molecule has 6 nitrogen and oxygen atoms in total. The maximum Gasteiger partial charge on any atom is 0.306 e. The fourth-order valence-electron chi connectivity index (χ4n) is 2.53. The van der Waals surface area contributed by atoms with Crippen molar-refractivity contribution < 1.29 is 23.5 Å². The molecule has 0 radical (unpaired) electrons. The third-order valence-electron chi connectivity index (χ3n) is 3.59. The van der Waals surface area contributed by atoms with Gasteiger partial charge in [0.15, 0.2) is 12.4 Å². The number of H-pyrrole nitrogens is 1. The number of Topliss-reactive ketones (excluding diaryl/α,β-unsaturated/α-hetero) is 2. The second-order valence-corrected chi connectivity index (χ2v) is 5.34. The number of nitrogens with one attached hydrogen (secondary N) is 1. The Morgan fingerprint density at radius 3 is 2.57 bits per heavy atom.